The molecular formula is C25H23BrClNO3. The number of benzene rings is 2. The molecule has 1 aromatic heterocycles. The number of carboxylic acids is 1. The zero-order chi connectivity index (χ0) is 21.8. The summed E-state index contributed by atoms with van der Waals surface area (Å²) in [6.07, 6.45) is 5.99. The predicted octanol–water partition coefficient (Wildman–Crippen LogP) is 6.57. The van der Waals surface area contributed by atoms with Crippen LogP contribution in [-0.4, -0.2) is 21.4 Å². The number of hydrogen-bond acceptors (Lipinski definition) is 2. The molecule has 2 fully saturated rings. The average molecular weight is 501 g/mol. The number of ketones is 1. The molecule has 0 bridgehead atoms. The van der Waals surface area contributed by atoms with Gasteiger partial charge < -0.3 is 9.67 Å². The Hall–Kier alpha value is -2.11. The van der Waals surface area contributed by atoms with Crippen molar-refractivity contribution < 1.29 is 14.7 Å². The number of rotatable bonds is 6. The van der Waals surface area contributed by atoms with Crippen molar-refractivity contribution in [3.8, 4) is 0 Å². The first-order chi connectivity index (χ1) is 14.8. The molecule has 0 amide bonds. The van der Waals surface area contributed by atoms with Gasteiger partial charge >= 0.3 is 5.97 Å². The Morgan fingerprint density at radius 3 is 2.45 bits per heavy atom. The van der Waals surface area contributed by atoms with Gasteiger partial charge in [-0.05, 0) is 72.9 Å². The summed E-state index contributed by atoms with van der Waals surface area (Å²) in [6.45, 7) is 0.667. The predicted molar refractivity (Wildman–Crippen MR) is 125 cm³/mol. The molecule has 1 heterocycles. The van der Waals surface area contributed by atoms with E-state index in [1.807, 2.05) is 36.5 Å². The maximum absolute atomic E-state index is 13.3. The van der Waals surface area contributed by atoms with E-state index in [2.05, 4.69) is 32.6 Å². The summed E-state index contributed by atoms with van der Waals surface area (Å²) in [4.78, 5) is 24.3. The molecular weight excluding hydrogens is 478 g/mol. The summed E-state index contributed by atoms with van der Waals surface area (Å²) in [6, 6.07) is 13.8. The fourth-order valence-corrected chi connectivity index (χ4v) is 6.09. The van der Waals surface area contributed by atoms with Crippen LogP contribution >= 0.6 is 27.5 Å². The largest absolute Gasteiger partial charge is 0.481 e. The number of hydrogen-bond donors (Lipinski definition) is 1. The SMILES string of the molecule is O=C(CC1CC2(C1)CC(C(=O)O)C2)c1ccc(Cl)c2ccn(Cc3ccc(Br)cc3)c12. The minimum absolute atomic E-state index is 0.145. The van der Waals surface area contributed by atoms with Crippen LogP contribution in [0.1, 0.15) is 48.0 Å². The lowest BCUT2D eigenvalue weighted by Crippen LogP contribution is -2.50. The van der Waals surface area contributed by atoms with E-state index in [1.165, 1.54) is 0 Å². The highest BCUT2D eigenvalue weighted by molar-refractivity contribution is 9.10. The van der Waals surface area contributed by atoms with Crippen LogP contribution < -0.4 is 0 Å². The van der Waals surface area contributed by atoms with Crippen molar-refractivity contribution in [2.45, 2.75) is 38.6 Å². The summed E-state index contributed by atoms with van der Waals surface area (Å²) in [5, 5.41) is 10.7. The van der Waals surface area contributed by atoms with Gasteiger partial charge in [0.05, 0.1) is 11.4 Å². The summed E-state index contributed by atoms with van der Waals surface area (Å²) < 4.78 is 3.13. The van der Waals surface area contributed by atoms with Gasteiger partial charge in [-0.1, -0.05) is 39.7 Å². The summed E-state index contributed by atoms with van der Waals surface area (Å²) in [5.74, 6) is -0.371. The van der Waals surface area contributed by atoms with Crippen LogP contribution in [0.4, 0.5) is 0 Å². The third kappa shape index (κ3) is 3.83. The first kappa shape index (κ1) is 20.8. The molecule has 4 nitrogen and oxygen atoms in total. The number of carbonyl (C=O) groups excluding carboxylic acids is 1. The van der Waals surface area contributed by atoms with Crippen LogP contribution in [0, 0.1) is 17.3 Å². The molecule has 0 atom stereocenters. The number of carbonyl (C=O) groups is 2. The van der Waals surface area contributed by atoms with E-state index in [0.717, 1.165) is 52.2 Å². The lowest BCUT2D eigenvalue weighted by molar-refractivity contribution is -0.157. The minimum atomic E-state index is -0.680. The van der Waals surface area contributed by atoms with Crippen molar-refractivity contribution in [1.82, 2.24) is 4.57 Å². The van der Waals surface area contributed by atoms with Crippen molar-refractivity contribution in [3.63, 3.8) is 0 Å². The molecule has 2 aromatic carbocycles. The van der Waals surface area contributed by atoms with Gasteiger partial charge in [0.1, 0.15) is 0 Å². The van der Waals surface area contributed by atoms with Gasteiger partial charge in [0.15, 0.2) is 5.78 Å². The molecule has 0 saturated heterocycles. The van der Waals surface area contributed by atoms with Gasteiger partial charge in [0.25, 0.3) is 0 Å². The van der Waals surface area contributed by atoms with Crippen molar-refractivity contribution in [3.05, 3.63) is 69.3 Å². The molecule has 2 aliphatic rings. The highest BCUT2D eigenvalue weighted by Gasteiger charge is 2.54. The Labute approximate surface area is 194 Å². The zero-order valence-electron chi connectivity index (χ0n) is 17.0. The topological polar surface area (TPSA) is 59.3 Å². The Kier molecular flexibility index (Phi) is 5.22. The first-order valence-electron chi connectivity index (χ1n) is 10.6. The minimum Gasteiger partial charge on any atom is -0.481 e. The number of nitrogens with zero attached hydrogens (tertiary/aromatic N) is 1. The quantitative estimate of drug-likeness (QED) is 0.389. The normalized spacial score (nSPS) is 24.7. The molecule has 0 unspecified atom stereocenters. The summed E-state index contributed by atoms with van der Waals surface area (Å²) >= 11 is 9.91. The molecule has 1 N–H and O–H groups in total. The molecule has 6 heteroatoms. The number of fused-ring (bicyclic) bond motifs is 1. The van der Waals surface area contributed by atoms with E-state index in [1.54, 1.807) is 0 Å². The number of aliphatic carboxylic acids is 1. The molecule has 3 aromatic rings. The van der Waals surface area contributed by atoms with E-state index in [4.69, 9.17) is 16.7 Å². The van der Waals surface area contributed by atoms with Crippen molar-refractivity contribution in [1.29, 1.82) is 0 Å². The maximum atomic E-state index is 13.3. The zero-order valence-corrected chi connectivity index (χ0v) is 19.3. The molecule has 5 rings (SSSR count). The van der Waals surface area contributed by atoms with Gasteiger partial charge in [-0.3, -0.25) is 9.59 Å². The second-order valence-corrected chi connectivity index (χ2v) is 10.6. The van der Waals surface area contributed by atoms with Crippen LogP contribution in [-0.2, 0) is 11.3 Å². The highest BCUT2D eigenvalue weighted by Crippen LogP contribution is 2.62. The van der Waals surface area contributed by atoms with E-state index < -0.39 is 5.97 Å². The van der Waals surface area contributed by atoms with Gasteiger partial charge in [0, 0.05) is 39.6 Å². The second-order valence-electron chi connectivity index (χ2n) is 9.27. The third-order valence-corrected chi connectivity index (χ3v) is 7.92. The molecule has 2 aliphatic carbocycles. The Balaban J connectivity index is 1.34. The Bertz CT molecular complexity index is 1170. The molecule has 0 radical (unpaired) electrons. The van der Waals surface area contributed by atoms with Crippen molar-refractivity contribution in [2.75, 3.05) is 0 Å². The van der Waals surface area contributed by atoms with Crippen LogP contribution in [0.25, 0.3) is 10.9 Å². The van der Waals surface area contributed by atoms with Crippen molar-refractivity contribution in [2.24, 2.45) is 17.3 Å². The second kappa shape index (κ2) is 7.79. The van der Waals surface area contributed by atoms with Crippen LogP contribution in [0.15, 0.2) is 53.1 Å². The van der Waals surface area contributed by atoms with Gasteiger partial charge in [-0.15, -0.1) is 0 Å². The maximum Gasteiger partial charge on any atom is 0.306 e. The lowest BCUT2D eigenvalue weighted by Gasteiger charge is -2.56. The third-order valence-electron chi connectivity index (χ3n) is 7.06. The van der Waals surface area contributed by atoms with Crippen LogP contribution in [0.2, 0.25) is 5.02 Å². The standard InChI is InChI=1S/C25H23BrClNO3/c26-18-3-1-15(2-4-18)14-28-8-7-19-21(27)6-5-20(23(19)28)22(29)9-16-10-25(11-16)12-17(13-25)24(30)31/h1-8,16-17H,9-14H2,(H,30,31). The fourth-order valence-electron chi connectivity index (χ4n) is 5.61. The molecule has 0 aliphatic heterocycles. The van der Waals surface area contributed by atoms with E-state index in [9.17, 15) is 9.59 Å². The van der Waals surface area contributed by atoms with Gasteiger partial charge in [-0.25, -0.2) is 0 Å². The van der Waals surface area contributed by atoms with Crippen molar-refractivity contribution >= 4 is 50.2 Å². The Morgan fingerprint density at radius 1 is 1.06 bits per heavy atom. The fraction of sp³-hybridized carbons (Fsp3) is 0.360. The number of Topliss-reactive ketones (excluding diaryl/α,β-unsaturated/α-hetero) is 1. The average Bonchev–Trinajstić information content (AvgIpc) is 3.09. The number of halogens is 2. The van der Waals surface area contributed by atoms with Crippen LogP contribution in [0.5, 0.6) is 0 Å². The number of carboxylic acid groups (broad SMARTS) is 1. The number of aromatic nitrogens is 1. The molecule has 2 saturated carbocycles. The van der Waals surface area contributed by atoms with Gasteiger partial charge in [-0.2, -0.15) is 0 Å². The monoisotopic (exact) mass is 499 g/mol. The summed E-state index contributed by atoms with van der Waals surface area (Å²) in [5.41, 5.74) is 2.95. The molecule has 1 spiro atoms. The highest BCUT2D eigenvalue weighted by atomic mass is 79.9. The van der Waals surface area contributed by atoms with Crippen LogP contribution in [0.3, 0.4) is 0 Å². The lowest BCUT2D eigenvalue weighted by atomic mass is 9.47. The summed E-state index contributed by atoms with van der Waals surface area (Å²) in [7, 11) is 0. The molecule has 31 heavy (non-hydrogen) atoms. The Morgan fingerprint density at radius 2 is 1.77 bits per heavy atom. The van der Waals surface area contributed by atoms with E-state index >= 15 is 0 Å². The van der Waals surface area contributed by atoms with E-state index in [-0.39, 0.29) is 17.1 Å². The smallest absolute Gasteiger partial charge is 0.306 e. The van der Waals surface area contributed by atoms with E-state index in [0.29, 0.717) is 23.9 Å². The first-order valence-corrected chi connectivity index (χ1v) is 11.8. The van der Waals surface area contributed by atoms with Gasteiger partial charge in [0.2, 0.25) is 0 Å². The molecule has 160 valence electrons.